The zero-order chi connectivity index (χ0) is 29.3. The Morgan fingerprint density at radius 1 is 0.929 bits per heavy atom. The molecular weight excluding hydrogens is 530 g/mol. The molecule has 0 unspecified atom stereocenters. The van der Waals surface area contributed by atoms with Crippen molar-refractivity contribution in [2.45, 2.75) is 26.3 Å². The van der Waals surface area contributed by atoms with Gasteiger partial charge in [-0.1, -0.05) is 61.5 Å². The van der Waals surface area contributed by atoms with E-state index in [9.17, 15) is 4.79 Å². The fourth-order valence-corrected chi connectivity index (χ4v) is 4.81. The summed E-state index contributed by atoms with van der Waals surface area (Å²) in [4.78, 5) is 20.7. The van der Waals surface area contributed by atoms with Crippen molar-refractivity contribution in [1.29, 1.82) is 0 Å². The number of nitrogens with one attached hydrogen (secondary N) is 2. The molecule has 214 valence electrons. The normalized spacial score (nSPS) is 10.7. The first-order chi connectivity index (χ1) is 20.6. The van der Waals surface area contributed by atoms with Crippen LogP contribution in [0.1, 0.15) is 24.5 Å². The highest BCUT2D eigenvalue weighted by Crippen LogP contribution is 2.33. The minimum atomic E-state index is -0.193. The smallest absolute Gasteiger partial charge is 0.228 e. The summed E-state index contributed by atoms with van der Waals surface area (Å²) in [6, 6.07) is 27.2. The third-order valence-corrected chi connectivity index (χ3v) is 6.76. The number of aromatic nitrogens is 5. The summed E-state index contributed by atoms with van der Waals surface area (Å²) in [6.07, 6.45) is 1.03. The highest BCUT2D eigenvalue weighted by molar-refractivity contribution is 5.94. The van der Waals surface area contributed by atoms with Gasteiger partial charge in [-0.25, -0.2) is 4.98 Å². The second kappa shape index (κ2) is 13.4. The fraction of sp³-hybridized carbons (Fsp3) is 0.219. The molecule has 10 heteroatoms. The molecule has 0 spiro atoms. The molecule has 42 heavy (non-hydrogen) atoms. The quantitative estimate of drug-likeness (QED) is 0.203. The van der Waals surface area contributed by atoms with Gasteiger partial charge in [-0.05, 0) is 41.5 Å². The van der Waals surface area contributed by atoms with E-state index in [1.807, 2.05) is 60.7 Å². The van der Waals surface area contributed by atoms with Crippen LogP contribution in [0.15, 0.2) is 84.9 Å². The largest absolute Gasteiger partial charge is 0.497 e. The second-order valence-electron chi connectivity index (χ2n) is 9.69. The lowest BCUT2D eigenvalue weighted by Crippen LogP contribution is -2.25. The minimum absolute atomic E-state index is 0.107. The average molecular weight is 564 g/mol. The number of benzene rings is 3. The first-order valence-electron chi connectivity index (χ1n) is 13.7. The molecule has 0 atom stereocenters. The maximum Gasteiger partial charge on any atom is 0.228 e. The third-order valence-electron chi connectivity index (χ3n) is 6.76. The summed E-state index contributed by atoms with van der Waals surface area (Å²) in [5.74, 6) is 2.29. The number of methoxy groups -OCH3 is 2. The van der Waals surface area contributed by atoms with E-state index in [0.29, 0.717) is 35.2 Å². The fourth-order valence-electron chi connectivity index (χ4n) is 4.81. The summed E-state index contributed by atoms with van der Waals surface area (Å²) in [7, 11) is 3.18. The second-order valence-corrected chi connectivity index (χ2v) is 9.69. The summed E-state index contributed by atoms with van der Waals surface area (Å²) < 4.78 is 10.8. The van der Waals surface area contributed by atoms with E-state index in [1.54, 1.807) is 26.4 Å². The molecule has 0 aliphatic carbocycles. The molecular formula is C32H33N7O3. The standard InChI is InChI=1S/C32H33N7O3/c1-4-16-39(21-22-10-6-5-7-11-22)30-20-24(33-31(40)18-23-17-25(41-2)14-15-29(23)42-3)19-28(34-30)26-12-8-9-13-27(26)32-35-37-38-36-32/h5-15,17,19-20H,4,16,18,21H2,1-3H3,(H,33,34,40)(H,35,36,37,38). The molecule has 0 saturated carbocycles. The van der Waals surface area contributed by atoms with Crippen molar-refractivity contribution in [3.05, 3.63) is 96.1 Å². The molecule has 10 nitrogen and oxygen atoms in total. The molecule has 2 heterocycles. The van der Waals surface area contributed by atoms with E-state index in [0.717, 1.165) is 35.5 Å². The lowest BCUT2D eigenvalue weighted by Gasteiger charge is -2.25. The topological polar surface area (TPSA) is 118 Å². The van der Waals surface area contributed by atoms with Crippen molar-refractivity contribution in [3.63, 3.8) is 0 Å². The summed E-state index contributed by atoms with van der Waals surface area (Å²) >= 11 is 0. The Morgan fingerprint density at radius 3 is 2.43 bits per heavy atom. The Hall–Kier alpha value is -5.25. The highest BCUT2D eigenvalue weighted by Gasteiger charge is 2.18. The van der Waals surface area contributed by atoms with Crippen molar-refractivity contribution < 1.29 is 14.3 Å². The number of amides is 1. The maximum atomic E-state index is 13.4. The van der Waals surface area contributed by atoms with E-state index in [-0.39, 0.29) is 12.3 Å². The molecule has 5 aromatic rings. The van der Waals surface area contributed by atoms with Gasteiger partial charge in [0.05, 0.1) is 26.3 Å². The number of carbonyl (C=O) groups excluding carboxylic acids is 1. The molecule has 0 fully saturated rings. The van der Waals surface area contributed by atoms with Crippen LogP contribution in [0.3, 0.4) is 0 Å². The van der Waals surface area contributed by atoms with Gasteiger partial charge in [-0.2, -0.15) is 5.21 Å². The van der Waals surface area contributed by atoms with E-state index in [2.05, 4.69) is 49.9 Å². The highest BCUT2D eigenvalue weighted by atomic mass is 16.5. The Labute approximate surface area is 244 Å². The van der Waals surface area contributed by atoms with Crippen LogP contribution in [0.2, 0.25) is 0 Å². The van der Waals surface area contributed by atoms with Crippen molar-refractivity contribution in [2.75, 3.05) is 31.0 Å². The van der Waals surface area contributed by atoms with Crippen LogP contribution in [-0.2, 0) is 17.8 Å². The summed E-state index contributed by atoms with van der Waals surface area (Å²) in [5, 5.41) is 17.7. The maximum absolute atomic E-state index is 13.4. The van der Waals surface area contributed by atoms with Crippen LogP contribution in [0.5, 0.6) is 11.5 Å². The zero-order valence-electron chi connectivity index (χ0n) is 23.9. The van der Waals surface area contributed by atoms with Gasteiger partial charge in [-0.3, -0.25) is 4.79 Å². The Balaban J connectivity index is 1.54. The number of hydrogen-bond acceptors (Lipinski definition) is 8. The van der Waals surface area contributed by atoms with Crippen molar-refractivity contribution >= 4 is 17.4 Å². The van der Waals surface area contributed by atoms with Crippen LogP contribution in [0.4, 0.5) is 11.5 Å². The van der Waals surface area contributed by atoms with Crippen LogP contribution >= 0.6 is 0 Å². The van der Waals surface area contributed by atoms with Gasteiger partial charge >= 0.3 is 0 Å². The summed E-state index contributed by atoms with van der Waals surface area (Å²) in [5.41, 5.74) is 4.79. The number of aromatic amines is 1. The number of nitrogens with zero attached hydrogens (tertiary/aromatic N) is 5. The van der Waals surface area contributed by atoms with Gasteiger partial charge in [0, 0.05) is 41.5 Å². The number of ether oxygens (including phenoxy) is 2. The molecule has 0 bridgehead atoms. The first-order valence-corrected chi connectivity index (χ1v) is 13.7. The Morgan fingerprint density at radius 2 is 1.71 bits per heavy atom. The van der Waals surface area contributed by atoms with Gasteiger partial charge < -0.3 is 19.7 Å². The van der Waals surface area contributed by atoms with Gasteiger partial charge in [-0.15, -0.1) is 10.2 Å². The van der Waals surface area contributed by atoms with Crippen LogP contribution in [0, 0.1) is 0 Å². The van der Waals surface area contributed by atoms with E-state index in [1.165, 1.54) is 5.56 Å². The molecule has 0 aliphatic rings. The Bertz CT molecular complexity index is 1630. The van der Waals surface area contributed by atoms with Gasteiger partial charge in [0.15, 0.2) is 0 Å². The number of H-pyrrole nitrogens is 1. The van der Waals surface area contributed by atoms with Crippen LogP contribution < -0.4 is 19.7 Å². The molecule has 0 aliphatic heterocycles. The summed E-state index contributed by atoms with van der Waals surface area (Å²) in [6.45, 7) is 3.59. The van der Waals surface area contributed by atoms with E-state index >= 15 is 0 Å². The SMILES string of the molecule is CCCN(Cc1ccccc1)c1cc(NC(=O)Cc2cc(OC)ccc2OC)cc(-c2ccccc2-c2nn[nH]n2)n1. The van der Waals surface area contributed by atoms with Gasteiger partial charge in [0.25, 0.3) is 0 Å². The van der Waals surface area contributed by atoms with Crippen molar-refractivity contribution in [1.82, 2.24) is 25.6 Å². The molecule has 0 saturated heterocycles. The van der Waals surface area contributed by atoms with Gasteiger partial charge in [0.1, 0.15) is 17.3 Å². The number of rotatable bonds is 12. The molecule has 5 rings (SSSR count). The first kappa shape index (κ1) is 28.3. The Kier molecular flexibility index (Phi) is 9.03. The number of anilines is 2. The monoisotopic (exact) mass is 563 g/mol. The number of pyridine rings is 1. The molecule has 3 aromatic carbocycles. The van der Waals surface area contributed by atoms with Crippen LogP contribution in [-0.4, -0.2) is 52.3 Å². The molecule has 0 radical (unpaired) electrons. The van der Waals surface area contributed by atoms with Crippen molar-refractivity contribution in [2.24, 2.45) is 0 Å². The van der Waals surface area contributed by atoms with Crippen LogP contribution in [0.25, 0.3) is 22.6 Å². The molecule has 2 aromatic heterocycles. The lowest BCUT2D eigenvalue weighted by atomic mass is 10.0. The predicted octanol–water partition coefficient (Wildman–Crippen LogP) is 5.54. The minimum Gasteiger partial charge on any atom is -0.497 e. The molecule has 2 N–H and O–H groups in total. The van der Waals surface area contributed by atoms with Gasteiger partial charge in [0.2, 0.25) is 11.7 Å². The molecule has 1 amide bonds. The third kappa shape index (κ3) is 6.72. The predicted molar refractivity (Wildman–Crippen MR) is 163 cm³/mol. The van der Waals surface area contributed by atoms with E-state index in [4.69, 9.17) is 14.5 Å². The van der Waals surface area contributed by atoms with E-state index < -0.39 is 0 Å². The number of carbonyl (C=O) groups is 1. The average Bonchev–Trinajstić information content (AvgIpc) is 3.56. The number of hydrogen-bond donors (Lipinski definition) is 2. The number of tetrazole rings is 1. The lowest BCUT2D eigenvalue weighted by molar-refractivity contribution is -0.115. The van der Waals surface area contributed by atoms with Crippen molar-refractivity contribution in [3.8, 4) is 34.1 Å². The zero-order valence-corrected chi connectivity index (χ0v) is 23.9.